The standard InChI is InChI=1S/C14H21NO7/c1-5-11(7-20-8(2)16)15-13(19)6-12(21-9(3)17)14(15)22-10(4)18/h11-12,14H,5-7H2,1-4H3/t11?,12-,14+/m0/s1. The van der Waals surface area contributed by atoms with Crippen LogP contribution in [0.2, 0.25) is 0 Å². The maximum absolute atomic E-state index is 12.2. The molecule has 1 rings (SSSR count). The van der Waals surface area contributed by atoms with Crippen LogP contribution < -0.4 is 0 Å². The number of carbonyl (C=O) groups excluding carboxylic acids is 4. The van der Waals surface area contributed by atoms with Crippen LogP contribution in [0.15, 0.2) is 0 Å². The highest BCUT2D eigenvalue weighted by Crippen LogP contribution is 2.27. The van der Waals surface area contributed by atoms with Crippen molar-refractivity contribution in [2.45, 2.75) is 58.9 Å². The Labute approximate surface area is 128 Å². The van der Waals surface area contributed by atoms with Crippen molar-refractivity contribution in [1.29, 1.82) is 0 Å². The number of carbonyl (C=O) groups is 4. The molecule has 0 aromatic heterocycles. The Kier molecular flexibility index (Phi) is 6.33. The highest BCUT2D eigenvalue weighted by Gasteiger charge is 2.47. The lowest BCUT2D eigenvalue weighted by atomic mass is 10.2. The van der Waals surface area contributed by atoms with Crippen LogP contribution in [0.3, 0.4) is 0 Å². The molecule has 0 bridgehead atoms. The Morgan fingerprint density at radius 2 is 1.73 bits per heavy atom. The number of hydrogen-bond acceptors (Lipinski definition) is 7. The molecule has 1 saturated heterocycles. The second-order valence-corrected chi connectivity index (χ2v) is 5.02. The van der Waals surface area contributed by atoms with Crippen molar-refractivity contribution >= 4 is 23.8 Å². The number of rotatable bonds is 6. The van der Waals surface area contributed by atoms with E-state index in [-0.39, 0.29) is 18.9 Å². The van der Waals surface area contributed by atoms with Crippen LogP contribution in [0.1, 0.15) is 40.5 Å². The van der Waals surface area contributed by atoms with E-state index >= 15 is 0 Å². The smallest absolute Gasteiger partial charge is 0.304 e. The second kappa shape index (κ2) is 7.77. The minimum absolute atomic E-state index is 0.0118. The molecule has 8 nitrogen and oxygen atoms in total. The lowest BCUT2D eigenvalue weighted by Crippen LogP contribution is -2.49. The molecule has 8 heteroatoms. The van der Waals surface area contributed by atoms with Gasteiger partial charge in [-0.15, -0.1) is 0 Å². The minimum atomic E-state index is -1.01. The first-order valence-corrected chi connectivity index (χ1v) is 7.05. The van der Waals surface area contributed by atoms with Crippen molar-refractivity contribution in [2.75, 3.05) is 6.61 Å². The van der Waals surface area contributed by atoms with Gasteiger partial charge >= 0.3 is 17.9 Å². The van der Waals surface area contributed by atoms with Crippen LogP contribution in [0, 0.1) is 0 Å². The third-order valence-corrected chi connectivity index (χ3v) is 3.20. The normalized spacial score (nSPS) is 22.2. The summed E-state index contributed by atoms with van der Waals surface area (Å²) in [5.41, 5.74) is 0. The summed E-state index contributed by atoms with van der Waals surface area (Å²) in [6.45, 7) is 5.49. The fourth-order valence-corrected chi connectivity index (χ4v) is 2.33. The highest BCUT2D eigenvalue weighted by atomic mass is 16.6. The van der Waals surface area contributed by atoms with Gasteiger partial charge in [-0.2, -0.15) is 0 Å². The maximum atomic E-state index is 12.2. The predicted octanol–water partition coefficient (Wildman–Crippen LogP) is 0.381. The quantitative estimate of drug-likeness (QED) is 0.516. The molecule has 0 spiro atoms. The molecule has 0 aromatic rings. The van der Waals surface area contributed by atoms with Crippen LogP contribution in [0.25, 0.3) is 0 Å². The first-order chi connectivity index (χ1) is 10.3. The van der Waals surface area contributed by atoms with Crippen molar-refractivity contribution in [1.82, 2.24) is 4.90 Å². The summed E-state index contributed by atoms with van der Waals surface area (Å²) in [6, 6.07) is -0.457. The van der Waals surface area contributed by atoms with Gasteiger partial charge in [0.1, 0.15) is 6.61 Å². The molecule has 0 N–H and O–H groups in total. The molecule has 0 saturated carbocycles. The Morgan fingerprint density at radius 3 is 2.18 bits per heavy atom. The third kappa shape index (κ3) is 4.71. The van der Waals surface area contributed by atoms with Gasteiger partial charge in [0, 0.05) is 20.8 Å². The third-order valence-electron chi connectivity index (χ3n) is 3.20. The molecule has 1 heterocycles. The summed E-state index contributed by atoms with van der Waals surface area (Å²) < 4.78 is 15.1. The molecule has 3 atom stereocenters. The molecule has 22 heavy (non-hydrogen) atoms. The fourth-order valence-electron chi connectivity index (χ4n) is 2.33. The van der Waals surface area contributed by atoms with E-state index in [9.17, 15) is 19.2 Å². The Hall–Kier alpha value is -2.12. The number of ether oxygens (including phenoxy) is 3. The zero-order valence-electron chi connectivity index (χ0n) is 13.2. The molecular formula is C14H21NO7. The molecule has 0 aromatic carbocycles. The summed E-state index contributed by atoms with van der Waals surface area (Å²) in [7, 11) is 0. The average molecular weight is 315 g/mol. The highest BCUT2D eigenvalue weighted by molar-refractivity contribution is 5.81. The van der Waals surface area contributed by atoms with Gasteiger partial charge in [-0.25, -0.2) is 0 Å². The van der Waals surface area contributed by atoms with Gasteiger partial charge in [-0.1, -0.05) is 6.92 Å². The van der Waals surface area contributed by atoms with E-state index in [0.717, 1.165) is 0 Å². The number of likely N-dealkylation sites (tertiary alicyclic amines) is 1. The number of amides is 1. The van der Waals surface area contributed by atoms with E-state index in [1.54, 1.807) is 0 Å². The van der Waals surface area contributed by atoms with Gasteiger partial charge in [0.2, 0.25) is 12.1 Å². The Morgan fingerprint density at radius 1 is 1.14 bits per heavy atom. The summed E-state index contributed by atoms with van der Waals surface area (Å²) in [6.07, 6.45) is -1.45. The van der Waals surface area contributed by atoms with Gasteiger partial charge in [0.25, 0.3) is 0 Å². The van der Waals surface area contributed by atoms with Crippen molar-refractivity contribution in [3.63, 3.8) is 0 Å². The Balaban J connectivity index is 2.95. The van der Waals surface area contributed by atoms with Gasteiger partial charge in [0.15, 0.2) is 6.10 Å². The van der Waals surface area contributed by atoms with E-state index in [2.05, 4.69) is 0 Å². The summed E-state index contributed by atoms with van der Waals surface area (Å²) >= 11 is 0. The van der Waals surface area contributed by atoms with Gasteiger partial charge in [-0.05, 0) is 6.42 Å². The molecule has 0 aliphatic carbocycles. The summed E-state index contributed by atoms with van der Waals surface area (Å²) in [4.78, 5) is 46.9. The predicted molar refractivity (Wildman–Crippen MR) is 73.3 cm³/mol. The molecule has 0 radical (unpaired) electrons. The van der Waals surface area contributed by atoms with E-state index in [4.69, 9.17) is 14.2 Å². The van der Waals surface area contributed by atoms with Gasteiger partial charge in [0.05, 0.1) is 12.5 Å². The molecule has 1 amide bonds. The van der Waals surface area contributed by atoms with Crippen molar-refractivity contribution in [3.05, 3.63) is 0 Å². The van der Waals surface area contributed by atoms with Gasteiger partial charge in [-0.3, -0.25) is 24.1 Å². The van der Waals surface area contributed by atoms with Crippen molar-refractivity contribution < 1.29 is 33.4 Å². The zero-order valence-corrected chi connectivity index (χ0v) is 13.2. The molecule has 1 unspecified atom stereocenters. The first kappa shape index (κ1) is 17.9. The minimum Gasteiger partial charge on any atom is -0.464 e. The van der Waals surface area contributed by atoms with Crippen LogP contribution in [-0.2, 0) is 33.4 Å². The molecule has 1 aliphatic heterocycles. The van der Waals surface area contributed by atoms with Crippen molar-refractivity contribution in [2.24, 2.45) is 0 Å². The molecule has 1 fully saturated rings. The second-order valence-electron chi connectivity index (χ2n) is 5.02. The average Bonchev–Trinajstić information content (AvgIpc) is 2.66. The lowest BCUT2D eigenvalue weighted by Gasteiger charge is -2.32. The SMILES string of the molecule is CCC(COC(C)=O)N1C(=O)C[C@H](OC(C)=O)[C@H]1OC(C)=O. The Bertz CT molecular complexity index is 462. The van der Waals surface area contributed by atoms with E-state index in [0.29, 0.717) is 6.42 Å². The maximum Gasteiger partial charge on any atom is 0.304 e. The topological polar surface area (TPSA) is 99.2 Å². The monoisotopic (exact) mass is 315 g/mol. The first-order valence-electron chi connectivity index (χ1n) is 7.05. The van der Waals surface area contributed by atoms with E-state index in [1.165, 1.54) is 25.7 Å². The van der Waals surface area contributed by atoms with Crippen LogP contribution in [0.4, 0.5) is 0 Å². The van der Waals surface area contributed by atoms with Crippen LogP contribution >= 0.6 is 0 Å². The molecule has 124 valence electrons. The molecular weight excluding hydrogens is 294 g/mol. The van der Waals surface area contributed by atoms with Crippen LogP contribution in [-0.4, -0.2) is 53.7 Å². The van der Waals surface area contributed by atoms with E-state index < -0.39 is 36.3 Å². The summed E-state index contributed by atoms with van der Waals surface area (Å²) in [5, 5.41) is 0. The summed E-state index contributed by atoms with van der Waals surface area (Å²) in [5.74, 6) is -1.95. The fraction of sp³-hybridized carbons (Fsp3) is 0.714. The largest absolute Gasteiger partial charge is 0.464 e. The number of nitrogens with zero attached hydrogens (tertiary/aromatic N) is 1. The number of hydrogen-bond donors (Lipinski definition) is 0. The lowest BCUT2D eigenvalue weighted by molar-refractivity contribution is -0.178. The van der Waals surface area contributed by atoms with Gasteiger partial charge < -0.3 is 14.2 Å². The van der Waals surface area contributed by atoms with Crippen LogP contribution in [0.5, 0.6) is 0 Å². The van der Waals surface area contributed by atoms with E-state index in [1.807, 2.05) is 6.92 Å². The molecule has 1 aliphatic rings. The van der Waals surface area contributed by atoms with Crippen molar-refractivity contribution in [3.8, 4) is 0 Å². The zero-order chi connectivity index (χ0) is 16.9. The number of esters is 3.